The van der Waals surface area contributed by atoms with Crippen LogP contribution in [0.5, 0.6) is 0 Å². The first-order valence-corrected chi connectivity index (χ1v) is 7.46. The highest BCUT2D eigenvalue weighted by Crippen LogP contribution is 2.37. The van der Waals surface area contributed by atoms with E-state index < -0.39 is 0 Å². The normalized spacial score (nSPS) is 23.1. The van der Waals surface area contributed by atoms with E-state index in [0.29, 0.717) is 6.04 Å². The molecule has 1 aliphatic heterocycles. The molecule has 1 unspecified atom stereocenters. The van der Waals surface area contributed by atoms with Crippen LogP contribution in [-0.4, -0.2) is 22.6 Å². The van der Waals surface area contributed by atoms with E-state index in [1.807, 2.05) is 6.07 Å². The molecule has 2 aromatic rings. The van der Waals surface area contributed by atoms with Crippen molar-refractivity contribution in [2.24, 2.45) is 0 Å². The minimum atomic E-state index is -0.215. The van der Waals surface area contributed by atoms with Gasteiger partial charge in [0.1, 0.15) is 11.6 Å². The van der Waals surface area contributed by atoms with Gasteiger partial charge in [-0.15, -0.1) is 0 Å². The molecule has 0 radical (unpaired) electrons. The van der Waals surface area contributed by atoms with Gasteiger partial charge in [0.05, 0.1) is 11.0 Å². The zero-order valence-electron chi connectivity index (χ0n) is 12.4. The van der Waals surface area contributed by atoms with Crippen LogP contribution in [-0.2, 0) is 5.41 Å². The molecule has 0 amide bonds. The number of benzene rings is 1. The van der Waals surface area contributed by atoms with Crippen LogP contribution in [0, 0.1) is 5.82 Å². The van der Waals surface area contributed by atoms with E-state index in [4.69, 9.17) is 4.98 Å². The second-order valence-electron chi connectivity index (χ2n) is 6.09. The Bertz CT molecular complexity index is 624. The molecule has 2 heterocycles. The third kappa shape index (κ3) is 1.94. The number of nitrogens with one attached hydrogen (secondary N) is 1. The summed E-state index contributed by atoms with van der Waals surface area (Å²) in [7, 11) is 0. The molecular formula is C16H22FN3. The number of fused-ring (bicyclic) bond motifs is 1. The van der Waals surface area contributed by atoms with Crippen LogP contribution < -0.4 is 5.32 Å². The average molecular weight is 275 g/mol. The van der Waals surface area contributed by atoms with Crippen molar-refractivity contribution in [1.29, 1.82) is 0 Å². The van der Waals surface area contributed by atoms with Gasteiger partial charge in [0.2, 0.25) is 0 Å². The standard InChI is InChI=1S/C16H22FN3/c1-4-16(7-8-18-10-16)15-19-13-9-12(17)5-6-14(13)20(15)11(2)3/h5-6,9,11,18H,4,7-8,10H2,1-3H3. The molecule has 0 saturated carbocycles. The molecule has 1 aliphatic rings. The first-order valence-electron chi connectivity index (χ1n) is 7.46. The van der Waals surface area contributed by atoms with Gasteiger partial charge in [-0.05, 0) is 45.4 Å². The topological polar surface area (TPSA) is 29.9 Å². The Kier molecular flexibility index (Phi) is 3.28. The second-order valence-corrected chi connectivity index (χ2v) is 6.09. The van der Waals surface area contributed by atoms with Crippen LogP contribution in [0.1, 0.15) is 45.5 Å². The molecule has 108 valence electrons. The van der Waals surface area contributed by atoms with Crippen LogP contribution in [0.3, 0.4) is 0 Å². The lowest BCUT2D eigenvalue weighted by molar-refractivity contribution is 0.394. The first-order chi connectivity index (χ1) is 9.57. The molecule has 0 aliphatic carbocycles. The Hall–Kier alpha value is -1.42. The van der Waals surface area contributed by atoms with E-state index in [-0.39, 0.29) is 11.2 Å². The van der Waals surface area contributed by atoms with E-state index in [9.17, 15) is 4.39 Å². The lowest BCUT2D eigenvalue weighted by atomic mass is 9.83. The smallest absolute Gasteiger partial charge is 0.125 e. The predicted octanol–water partition coefficient (Wildman–Crippen LogP) is 3.40. The largest absolute Gasteiger partial charge is 0.325 e. The summed E-state index contributed by atoms with van der Waals surface area (Å²) >= 11 is 0. The van der Waals surface area contributed by atoms with Crippen LogP contribution in [0.2, 0.25) is 0 Å². The van der Waals surface area contributed by atoms with Crippen molar-refractivity contribution < 1.29 is 4.39 Å². The van der Waals surface area contributed by atoms with Crippen molar-refractivity contribution >= 4 is 11.0 Å². The summed E-state index contributed by atoms with van der Waals surface area (Å²) in [6.07, 6.45) is 2.15. The van der Waals surface area contributed by atoms with Crippen LogP contribution in [0.4, 0.5) is 4.39 Å². The summed E-state index contributed by atoms with van der Waals surface area (Å²) in [4.78, 5) is 4.80. The maximum atomic E-state index is 13.5. The highest BCUT2D eigenvalue weighted by molar-refractivity contribution is 5.76. The number of halogens is 1. The lowest BCUT2D eigenvalue weighted by Crippen LogP contribution is -2.32. The second kappa shape index (κ2) is 4.85. The minimum absolute atomic E-state index is 0.0831. The van der Waals surface area contributed by atoms with Gasteiger partial charge in [0.15, 0.2) is 0 Å². The summed E-state index contributed by atoms with van der Waals surface area (Å²) in [5.74, 6) is 0.896. The molecule has 20 heavy (non-hydrogen) atoms. The van der Waals surface area contributed by atoms with Crippen molar-refractivity contribution in [1.82, 2.24) is 14.9 Å². The zero-order chi connectivity index (χ0) is 14.3. The molecule has 1 aromatic carbocycles. The Balaban J connectivity index is 2.26. The van der Waals surface area contributed by atoms with Crippen LogP contribution in [0.15, 0.2) is 18.2 Å². The SMILES string of the molecule is CCC1(c2nc3cc(F)ccc3n2C(C)C)CCNC1. The number of hydrogen-bond donors (Lipinski definition) is 1. The van der Waals surface area contributed by atoms with Gasteiger partial charge >= 0.3 is 0 Å². The van der Waals surface area contributed by atoms with Crippen molar-refractivity contribution in [3.05, 3.63) is 29.8 Å². The summed E-state index contributed by atoms with van der Waals surface area (Å²) in [6.45, 7) is 8.54. The van der Waals surface area contributed by atoms with Crippen LogP contribution in [0.25, 0.3) is 11.0 Å². The van der Waals surface area contributed by atoms with Crippen LogP contribution >= 0.6 is 0 Å². The van der Waals surface area contributed by atoms with Gasteiger partial charge in [-0.3, -0.25) is 0 Å². The van der Waals surface area contributed by atoms with Gasteiger partial charge in [0, 0.05) is 24.1 Å². The van der Waals surface area contributed by atoms with Gasteiger partial charge < -0.3 is 9.88 Å². The third-order valence-electron chi connectivity index (χ3n) is 4.56. The maximum Gasteiger partial charge on any atom is 0.125 e. The summed E-state index contributed by atoms with van der Waals surface area (Å²) in [5.41, 5.74) is 1.89. The van der Waals surface area contributed by atoms with E-state index >= 15 is 0 Å². The molecule has 1 N–H and O–H groups in total. The fraction of sp³-hybridized carbons (Fsp3) is 0.562. The van der Waals surface area contributed by atoms with Crippen molar-refractivity contribution in [2.75, 3.05) is 13.1 Å². The molecule has 0 spiro atoms. The Labute approximate surface area is 119 Å². The highest BCUT2D eigenvalue weighted by atomic mass is 19.1. The Morgan fingerprint density at radius 1 is 1.45 bits per heavy atom. The lowest BCUT2D eigenvalue weighted by Gasteiger charge is -2.28. The van der Waals surface area contributed by atoms with Crippen molar-refractivity contribution in [3.8, 4) is 0 Å². The van der Waals surface area contributed by atoms with E-state index in [0.717, 1.165) is 42.8 Å². The highest BCUT2D eigenvalue weighted by Gasteiger charge is 2.38. The monoisotopic (exact) mass is 275 g/mol. The maximum absolute atomic E-state index is 13.5. The Morgan fingerprint density at radius 2 is 2.25 bits per heavy atom. The molecule has 3 rings (SSSR count). The predicted molar refractivity (Wildman–Crippen MR) is 79.5 cm³/mol. The van der Waals surface area contributed by atoms with E-state index in [1.54, 1.807) is 6.07 Å². The zero-order valence-corrected chi connectivity index (χ0v) is 12.4. The number of rotatable bonds is 3. The number of imidazole rings is 1. The molecule has 1 saturated heterocycles. The summed E-state index contributed by atoms with van der Waals surface area (Å²) < 4.78 is 15.8. The third-order valence-corrected chi connectivity index (χ3v) is 4.56. The molecule has 0 bridgehead atoms. The molecule has 3 nitrogen and oxygen atoms in total. The van der Waals surface area contributed by atoms with Gasteiger partial charge in [-0.25, -0.2) is 9.37 Å². The number of hydrogen-bond acceptors (Lipinski definition) is 2. The minimum Gasteiger partial charge on any atom is -0.325 e. The summed E-state index contributed by atoms with van der Waals surface area (Å²) in [6, 6.07) is 5.25. The van der Waals surface area contributed by atoms with Crippen molar-refractivity contribution in [3.63, 3.8) is 0 Å². The molecule has 4 heteroatoms. The average Bonchev–Trinajstić information content (AvgIpc) is 3.02. The Morgan fingerprint density at radius 3 is 2.85 bits per heavy atom. The fourth-order valence-corrected chi connectivity index (χ4v) is 3.36. The van der Waals surface area contributed by atoms with Gasteiger partial charge in [0.25, 0.3) is 0 Å². The molecule has 1 atom stereocenters. The molecular weight excluding hydrogens is 253 g/mol. The van der Waals surface area contributed by atoms with Crippen molar-refractivity contribution in [2.45, 2.75) is 45.1 Å². The fourth-order valence-electron chi connectivity index (χ4n) is 3.36. The molecule has 1 aromatic heterocycles. The van der Waals surface area contributed by atoms with Gasteiger partial charge in [-0.1, -0.05) is 6.92 Å². The summed E-state index contributed by atoms with van der Waals surface area (Å²) in [5, 5.41) is 3.46. The van der Waals surface area contributed by atoms with E-state index in [1.165, 1.54) is 6.07 Å². The number of nitrogens with zero attached hydrogens (tertiary/aromatic N) is 2. The number of aromatic nitrogens is 2. The first kappa shape index (κ1) is 13.6. The van der Waals surface area contributed by atoms with E-state index in [2.05, 4.69) is 30.7 Å². The quantitative estimate of drug-likeness (QED) is 0.930. The molecule has 1 fully saturated rings. The van der Waals surface area contributed by atoms with Gasteiger partial charge in [-0.2, -0.15) is 0 Å².